The fraction of sp³-hybridized carbons (Fsp3) is 0.125. The molecule has 0 aliphatic carbocycles. The van der Waals surface area contributed by atoms with E-state index >= 15 is 0 Å². The van der Waals surface area contributed by atoms with Gasteiger partial charge >= 0.3 is 0 Å². The van der Waals surface area contributed by atoms with Gasteiger partial charge in [-0.2, -0.15) is 0 Å². The molecule has 1 N–H and O–H groups in total. The van der Waals surface area contributed by atoms with E-state index in [-0.39, 0.29) is 22.7 Å². The Morgan fingerprint density at radius 3 is 2.62 bits per heavy atom. The maximum absolute atomic E-state index is 14.0. The van der Waals surface area contributed by atoms with Crippen LogP contribution in [0.3, 0.4) is 0 Å². The molecule has 0 fully saturated rings. The Kier molecular flexibility index (Phi) is 6.42. The van der Waals surface area contributed by atoms with Crippen molar-refractivity contribution in [3.05, 3.63) is 98.1 Å². The zero-order valence-electron chi connectivity index (χ0n) is 18.2. The molecule has 0 saturated carbocycles. The summed E-state index contributed by atoms with van der Waals surface area (Å²) in [5.74, 6) is -1.59. The largest absolute Gasteiger partial charge is 0.323 e. The minimum Gasteiger partial charge on any atom is -0.323 e. The van der Waals surface area contributed by atoms with Crippen LogP contribution in [0.5, 0.6) is 0 Å². The van der Waals surface area contributed by atoms with Crippen LogP contribution in [0.15, 0.2) is 70.6 Å². The average Bonchev–Trinajstić information content (AvgIpc) is 2.81. The van der Waals surface area contributed by atoms with Gasteiger partial charge < -0.3 is 5.32 Å². The fourth-order valence-corrected chi connectivity index (χ4v) is 4.15. The highest BCUT2D eigenvalue weighted by atomic mass is 32.2. The number of anilines is 1. The number of rotatable bonds is 6. The first-order valence-corrected chi connectivity index (χ1v) is 11.2. The van der Waals surface area contributed by atoms with Crippen LogP contribution in [0.2, 0.25) is 0 Å². The van der Waals surface area contributed by atoms with Gasteiger partial charge in [-0.05, 0) is 55.3 Å². The number of non-ortho nitro benzene ring substituents is 1. The van der Waals surface area contributed by atoms with Crippen LogP contribution in [-0.4, -0.2) is 26.1 Å². The molecule has 0 saturated heterocycles. The topological polar surface area (TPSA) is 107 Å². The number of halogens is 1. The summed E-state index contributed by atoms with van der Waals surface area (Å²) in [6.45, 7) is 3.90. The molecule has 4 aromatic rings. The summed E-state index contributed by atoms with van der Waals surface area (Å²) >= 11 is 1.01. The second-order valence-corrected chi connectivity index (χ2v) is 8.52. The number of benzene rings is 3. The Hall–Kier alpha value is -4.05. The van der Waals surface area contributed by atoms with Crippen LogP contribution in [0, 0.1) is 29.8 Å². The van der Waals surface area contributed by atoms with Gasteiger partial charge in [0.15, 0.2) is 5.16 Å². The van der Waals surface area contributed by atoms with Gasteiger partial charge in [0.1, 0.15) is 5.82 Å². The lowest BCUT2D eigenvalue weighted by atomic mass is 10.1. The summed E-state index contributed by atoms with van der Waals surface area (Å²) in [5, 5.41) is 14.0. The number of hydrogen-bond donors (Lipinski definition) is 1. The third-order valence-electron chi connectivity index (χ3n) is 5.26. The van der Waals surface area contributed by atoms with Crippen LogP contribution in [0.25, 0.3) is 16.6 Å². The molecule has 0 aliphatic rings. The molecule has 172 valence electrons. The van der Waals surface area contributed by atoms with Crippen molar-refractivity contribution in [2.45, 2.75) is 19.0 Å². The Morgan fingerprint density at radius 1 is 1.12 bits per heavy atom. The van der Waals surface area contributed by atoms with Gasteiger partial charge in [0.05, 0.1) is 33.0 Å². The van der Waals surface area contributed by atoms with Crippen molar-refractivity contribution in [3.8, 4) is 5.69 Å². The molecule has 8 nitrogen and oxygen atoms in total. The zero-order chi connectivity index (χ0) is 24.4. The molecular formula is C24H19FN4O4S. The van der Waals surface area contributed by atoms with Crippen LogP contribution in [0.4, 0.5) is 15.8 Å². The van der Waals surface area contributed by atoms with Crippen molar-refractivity contribution >= 4 is 39.9 Å². The van der Waals surface area contributed by atoms with Crippen molar-refractivity contribution in [2.75, 3.05) is 11.1 Å². The molecule has 34 heavy (non-hydrogen) atoms. The van der Waals surface area contributed by atoms with Crippen molar-refractivity contribution in [3.63, 3.8) is 0 Å². The van der Waals surface area contributed by atoms with E-state index in [1.165, 1.54) is 4.57 Å². The number of aryl methyl sites for hydroxylation is 2. The summed E-state index contributed by atoms with van der Waals surface area (Å²) in [6, 6.07) is 15.4. The van der Waals surface area contributed by atoms with E-state index in [0.717, 1.165) is 41.1 Å². The van der Waals surface area contributed by atoms with E-state index < -0.39 is 16.6 Å². The molecule has 1 aromatic heterocycles. The molecule has 0 unspecified atom stereocenters. The standard InChI is InChI=1S/C24H19FN4O4S/c1-14-7-8-16(11-15(14)2)28-23(31)18-5-3-4-6-20(18)27-24(28)34-13-22(30)26-21-12-17(29(32)33)9-10-19(21)25/h3-12H,13H2,1-2H3,(H,26,30). The molecule has 1 amide bonds. The summed E-state index contributed by atoms with van der Waals surface area (Å²) in [6.07, 6.45) is 0. The number of aromatic nitrogens is 2. The molecule has 4 rings (SSSR count). The summed E-state index contributed by atoms with van der Waals surface area (Å²) in [4.78, 5) is 40.7. The lowest BCUT2D eigenvalue weighted by Gasteiger charge is -2.14. The average molecular weight is 479 g/mol. The number of nitrogens with zero attached hydrogens (tertiary/aromatic N) is 3. The minimum atomic E-state index is -0.792. The first kappa shape index (κ1) is 23.1. The molecule has 0 radical (unpaired) electrons. The highest BCUT2D eigenvalue weighted by Gasteiger charge is 2.17. The first-order chi connectivity index (χ1) is 16.2. The normalized spacial score (nSPS) is 10.9. The fourth-order valence-electron chi connectivity index (χ4n) is 3.34. The Bertz CT molecular complexity index is 1500. The van der Waals surface area contributed by atoms with Crippen molar-refractivity contribution in [1.29, 1.82) is 0 Å². The highest BCUT2D eigenvalue weighted by molar-refractivity contribution is 7.99. The quantitative estimate of drug-likeness (QED) is 0.185. The van der Waals surface area contributed by atoms with Gasteiger partial charge in [0.2, 0.25) is 5.91 Å². The Morgan fingerprint density at radius 2 is 1.88 bits per heavy atom. The number of carbonyl (C=O) groups excluding carboxylic acids is 1. The molecule has 1 heterocycles. The zero-order valence-corrected chi connectivity index (χ0v) is 19.1. The summed E-state index contributed by atoms with van der Waals surface area (Å²) in [7, 11) is 0. The third kappa shape index (κ3) is 4.67. The van der Waals surface area contributed by atoms with E-state index in [2.05, 4.69) is 10.3 Å². The van der Waals surface area contributed by atoms with Crippen molar-refractivity contribution < 1.29 is 14.1 Å². The molecular weight excluding hydrogens is 459 g/mol. The van der Waals surface area contributed by atoms with Crippen LogP contribution in [0.1, 0.15) is 11.1 Å². The number of nitro benzene ring substituents is 1. The molecule has 10 heteroatoms. The van der Waals surface area contributed by atoms with Gasteiger partial charge in [0.25, 0.3) is 11.2 Å². The van der Waals surface area contributed by atoms with E-state index in [4.69, 9.17) is 0 Å². The van der Waals surface area contributed by atoms with Gasteiger partial charge in [-0.15, -0.1) is 0 Å². The van der Waals surface area contributed by atoms with Crippen LogP contribution in [-0.2, 0) is 4.79 Å². The number of amides is 1. The molecule has 0 spiro atoms. The SMILES string of the molecule is Cc1ccc(-n2c(SCC(=O)Nc3cc([N+](=O)[O-])ccc3F)nc3ccccc3c2=O)cc1C. The minimum absolute atomic E-state index is 0.197. The second-order valence-electron chi connectivity index (χ2n) is 7.58. The maximum atomic E-state index is 14.0. The van der Waals surface area contributed by atoms with Crippen LogP contribution < -0.4 is 10.9 Å². The number of nitro groups is 1. The predicted octanol–water partition coefficient (Wildman–Crippen LogP) is 4.78. The summed E-state index contributed by atoms with van der Waals surface area (Å²) in [5.41, 5.74) is 2.24. The number of para-hydroxylation sites is 1. The smallest absolute Gasteiger partial charge is 0.271 e. The van der Waals surface area contributed by atoms with E-state index in [1.54, 1.807) is 24.3 Å². The third-order valence-corrected chi connectivity index (χ3v) is 6.20. The number of carbonyl (C=O) groups is 1. The Balaban J connectivity index is 1.67. The molecule has 0 atom stereocenters. The van der Waals surface area contributed by atoms with Crippen molar-refractivity contribution in [1.82, 2.24) is 9.55 Å². The monoisotopic (exact) mass is 478 g/mol. The van der Waals surface area contributed by atoms with Gasteiger partial charge in [-0.25, -0.2) is 9.37 Å². The maximum Gasteiger partial charge on any atom is 0.271 e. The number of nitrogens with one attached hydrogen (secondary N) is 1. The van der Waals surface area contributed by atoms with Crippen LogP contribution >= 0.6 is 11.8 Å². The van der Waals surface area contributed by atoms with Crippen molar-refractivity contribution in [2.24, 2.45) is 0 Å². The van der Waals surface area contributed by atoms with Gasteiger partial charge in [-0.3, -0.25) is 24.3 Å². The lowest BCUT2D eigenvalue weighted by molar-refractivity contribution is -0.384. The van der Waals surface area contributed by atoms with E-state index in [9.17, 15) is 24.1 Å². The lowest BCUT2D eigenvalue weighted by Crippen LogP contribution is -2.23. The molecule has 0 bridgehead atoms. The predicted molar refractivity (Wildman–Crippen MR) is 129 cm³/mol. The molecule has 0 aliphatic heterocycles. The van der Waals surface area contributed by atoms with Gasteiger partial charge in [-0.1, -0.05) is 30.0 Å². The Labute approximate surface area is 197 Å². The second kappa shape index (κ2) is 9.44. The highest BCUT2D eigenvalue weighted by Crippen LogP contribution is 2.24. The van der Waals surface area contributed by atoms with Gasteiger partial charge in [0, 0.05) is 12.1 Å². The van der Waals surface area contributed by atoms with E-state index in [0.29, 0.717) is 21.7 Å². The summed E-state index contributed by atoms with van der Waals surface area (Å²) < 4.78 is 15.5. The first-order valence-electron chi connectivity index (χ1n) is 10.2. The number of hydrogen-bond acceptors (Lipinski definition) is 6. The number of thioether (sulfide) groups is 1. The molecule has 3 aromatic carbocycles. The number of fused-ring (bicyclic) bond motifs is 1. The van der Waals surface area contributed by atoms with E-state index in [1.807, 2.05) is 32.0 Å².